The number of unbranched alkanes of at least 4 members (excludes halogenated alkanes) is 3. The molecule has 0 aliphatic carbocycles. The van der Waals surface area contributed by atoms with Crippen molar-refractivity contribution < 1.29 is 29.4 Å². The number of nitrogens with zero attached hydrogens (tertiary/aromatic N) is 4. The number of aliphatic hydroxyl groups excluding tert-OH is 2. The third kappa shape index (κ3) is 16.0. The zero-order valence-electron chi connectivity index (χ0n) is 46.3. The highest BCUT2D eigenvalue weighted by atomic mass is 16.7. The molecule has 4 saturated heterocycles. The minimum Gasteiger partial charge on any atom is -0.389 e. The summed E-state index contributed by atoms with van der Waals surface area (Å²) in [5, 5.41) is 35.0. The first-order valence-corrected chi connectivity index (χ1v) is 26.9. The van der Waals surface area contributed by atoms with Crippen LogP contribution in [0.4, 0.5) is 0 Å². The predicted octanol–water partition coefficient (Wildman–Crippen LogP) is 9.25. The highest BCUT2D eigenvalue weighted by molar-refractivity contribution is 5.05. The van der Waals surface area contributed by atoms with Crippen LogP contribution in [0.15, 0.2) is 0 Å². The van der Waals surface area contributed by atoms with E-state index in [1.807, 2.05) is 0 Å². The van der Waals surface area contributed by atoms with E-state index in [4.69, 9.17) is 19.1 Å². The first kappa shape index (κ1) is 58.1. The maximum atomic E-state index is 11.4. The molecular weight excluding hydrogens is 829 g/mol. The topological polar surface area (TPSA) is 114 Å². The Kier molecular flexibility index (Phi) is 20.6. The number of hydroxylamine groups is 4. The summed E-state index contributed by atoms with van der Waals surface area (Å²) in [5.74, 6) is 0. The number of aliphatic hydroxyl groups is 2. The smallest absolute Gasteiger partial charge is 0.0900 e. The van der Waals surface area contributed by atoms with Gasteiger partial charge in [0.1, 0.15) is 0 Å². The van der Waals surface area contributed by atoms with Gasteiger partial charge in [0.25, 0.3) is 0 Å². The molecule has 0 radical (unpaired) electrons. The van der Waals surface area contributed by atoms with Gasteiger partial charge in [-0.2, -0.15) is 10.1 Å². The van der Waals surface area contributed by atoms with Crippen LogP contribution in [0.1, 0.15) is 215 Å². The fraction of sp³-hybridized carbons (Fsp3) is 1.00. The molecule has 0 aromatic carbocycles. The minimum absolute atomic E-state index is 0.0390. The number of β-amino-alcohol motifs (C(OH)–C–C–N with tert-alkyl or cyclic N) is 2. The van der Waals surface area contributed by atoms with Gasteiger partial charge >= 0.3 is 0 Å². The summed E-state index contributed by atoms with van der Waals surface area (Å²) in [6.45, 7) is 46.6. The van der Waals surface area contributed by atoms with Crippen molar-refractivity contribution in [2.24, 2.45) is 0 Å². The van der Waals surface area contributed by atoms with E-state index < -0.39 is 12.2 Å². The molecule has 4 aliphatic rings. The van der Waals surface area contributed by atoms with Crippen LogP contribution in [0.25, 0.3) is 0 Å². The summed E-state index contributed by atoms with van der Waals surface area (Å²) in [6, 6.07) is 0.928. The Morgan fingerprint density at radius 2 is 0.727 bits per heavy atom. The lowest BCUT2D eigenvalue weighted by molar-refractivity contribution is -0.295. The Morgan fingerprint density at radius 1 is 0.439 bits per heavy atom. The Hall–Kier alpha value is -0.480. The molecule has 4 N–H and O–H groups in total. The normalized spacial score (nSPS) is 27.3. The lowest BCUT2D eigenvalue weighted by Gasteiger charge is -2.56. The van der Waals surface area contributed by atoms with E-state index in [1.54, 1.807) is 0 Å². The Morgan fingerprint density at radius 3 is 1.00 bits per heavy atom. The lowest BCUT2D eigenvalue weighted by Crippen LogP contribution is -2.65. The highest BCUT2D eigenvalue weighted by Gasteiger charge is 2.50. The van der Waals surface area contributed by atoms with Crippen molar-refractivity contribution in [2.75, 3.05) is 52.6 Å². The van der Waals surface area contributed by atoms with Crippen molar-refractivity contribution in [1.82, 2.24) is 30.6 Å². The average molecular weight is 937 g/mol. The number of hydrogen-bond donors (Lipinski definition) is 4. The summed E-state index contributed by atoms with van der Waals surface area (Å²) in [7, 11) is 0. The van der Waals surface area contributed by atoms with Gasteiger partial charge in [-0.1, -0.05) is 26.7 Å². The molecule has 12 heteroatoms. The van der Waals surface area contributed by atoms with Gasteiger partial charge in [-0.05, 0) is 201 Å². The van der Waals surface area contributed by atoms with Crippen LogP contribution in [0.2, 0.25) is 0 Å². The van der Waals surface area contributed by atoms with Gasteiger partial charge in [-0.25, -0.2) is 0 Å². The SMILES string of the molecule is CCCON1C(C)(C)CC(OCC(O)CN2C(C)(C)CC(NCCCCCCNC3CC(C)(C)N(CC(O)COC4CC(C)(C)N(OCCC)C(C)(C)C4)C(C)(C)C3)CC2(C)C)CC1(C)C. The van der Waals surface area contributed by atoms with Crippen LogP contribution >= 0.6 is 0 Å². The van der Waals surface area contributed by atoms with Crippen LogP contribution in [0.3, 0.4) is 0 Å². The van der Waals surface area contributed by atoms with Crippen molar-refractivity contribution in [3.8, 4) is 0 Å². The number of piperidine rings is 4. The Labute approximate surface area is 406 Å². The third-order valence-corrected chi connectivity index (χ3v) is 15.7. The third-order valence-electron chi connectivity index (χ3n) is 15.7. The second-order valence-electron chi connectivity index (χ2n) is 26.5. The molecule has 0 aromatic heterocycles. The fourth-order valence-corrected chi connectivity index (χ4v) is 13.8. The van der Waals surface area contributed by atoms with E-state index in [9.17, 15) is 10.2 Å². The van der Waals surface area contributed by atoms with E-state index in [0.29, 0.717) is 38.4 Å². The fourth-order valence-electron chi connectivity index (χ4n) is 13.8. The summed E-state index contributed by atoms with van der Waals surface area (Å²) < 4.78 is 13.0. The molecule has 0 amide bonds. The standard InChI is InChI=1S/C54H108N6O6/c1-19-27-65-59-51(11,12)33-45(34-52(59,13)14)63-39-43(61)37-57-47(3,4)29-41(30-48(57,5)6)55-25-23-21-22-24-26-56-42-31-49(7,8)58(50(9,10)32-42)38-44(62)40-64-46-35-53(15,16)60(66-28-20-2)54(17,18)36-46/h41-46,55-56,61-62H,19-40H2,1-18H3. The summed E-state index contributed by atoms with van der Waals surface area (Å²) >= 11 is 0. The molecule has 390 valence electrons. The van der Waals surface area contributed by atoms with Crippen LogP contribution < -0.4 is 10.6 Å². The summed E-state index contributed by atoms with van der Waals surface area (Å²) in [4.78, 5) is 17.5. The van der Waals surface area contributed by atoms with Crippen LogP contribution in [-0.4, -0.2) is 164 Å². The average Bonchev–Trinajstić information content (AvgIpc) is 3.15. The van der Waals surface area contributed by atoms with E-state index in [0.717, 1.165) is 90.5 Å². The van der Waals surface area contributed by atoms with Gasteiger partial charge in [-0.3, -0.25) is 19.5 Å². The molecule has 4 fully saturated rings. The van der Waals surface area contributed by atoms with Crippen LogP contribution in [-0.2, 0) is 19.1 Å². The molecule has 2 atom stereocenters. The summed E-state index contributed by atoms with van der Waals surface area (Å²) in [5.41, 5.74) is -0.710. The Balaban J connectivity index is 1.12. The van der Waals surface area contributed by atoms with Crippen molar-refractivity contribution in [3.63, 3.8) is 0 Å². The number of nitrogens with one attached hydrogen (secondary N) is 2. The molecule has 4 aliphatic heterocycles. The van der Waals surface area contributed by atoms with Gasteiger partial charge in [0, 0.05) is 69.5 Å². The largest absolute Gasteiger partial charge is 0.389 e. The zero-order valence-corrected chi connectivity index (χ0v) is 46.3. The first-order valence-electron chi connectivity index (χ1n) is 26.9. The molecule has 12 nitrogen and oxygen atoms in total. The Bertz CT molecular complexity index is 1270. The second kappa shape index (κ2) is 23.4. The van der Waals surface area contributed by atoms with Crippen molar-refractivity contribution >= 4 is 0 Å². The van der Waals surface area contributed by atoms with E-state index in [2.05, 4.69) is 155 Å². The van der Waals surface area contributed by atoms with E-state index >= 15 is 0 Å². The molecule has 2 unspecified atom stereocenters. The summed E-state index contributed by atoms with van der Waals surface area (Å²) in [6.07, 6.45) is 13.8. The van der Waals surface area contributed by atoms with Crippen LogP contribution in [0, 0.1) is 0 Å². The number of hydrogen-bond acceptors (Lipinski definition) is 12. The monoisotopic (exact) mass is 937 g/mol. The number of likely N-dealkylation sites (tertiary alicyclic amines) is 2. The highest BCUT2D eigenvalue weighted by Crippen LogP contribution is 2.43. The molecule has 4 heterocycles. The van der Waals surface area contributed by atoms with E-state index in [1.165, 1.54) is 25.7 Å². The molecule has 4 rings (SSSR count). The molecule has 66 heavy (non-hydrogen) atoms. The van der Waals surface area contributed by atoms with E-state index in [-0.39, 0.29) is 56.5 Å². The van der Waals surface area contributed by atoms with Gasteiger partial charge in [0.15, 0.2) is 0 Å². The van der Waals surface area contributed by atoms with Crippen molar-refractivity contribution in [1.29, 1.82) is 0 Å². The quantitative estimate of drug-likeness (QED) is 0.0655. The molecule has 0 spiro atoms. The molecule has 0 aromatic rings. The molecule has 0 saturated carbocycles. The van der Waals surface area contributed by atoms with Crippen molar-refractivity contribution in [2.45, 2.75) is 295 Å². The lowest BCUT2D eigenvalue weighted by atomic mass is 9.76. The predicted molar refractivity (Wildman–Crippen MR) is 273 cm³/mol. The molecule has 0 bridgehead atoms. The van der Waals surface area contributed by atoms with Gasteiger partial charge in [0.2, 0.25) is 0 Å². The number of ether oxygens (including phenoxy) is 2. The molecular formula is C54H108N6O6. The maximum absolute atomic E-state index is 11.4. The maximum Gasteiger partial charge on any atom is 0.0900 e. The van der Waals surface area contributed by atoms with Gasteiger partial charge < -0.3 is 30.3 Å². The van der Waals surface area contributed by atoms with Crippen molar-refractivity contribution in [3.05, 3.63) is 0 Å². The van der Waals surface area contributed by atoms with Crippen LogP contribution in [0.5, 0.6) is 0 Å². The van der Waals surface area contributed by atoms with Gasteiger partial charge in [0.05, 0.1) is 50.8 Å². The first-order chi connectivity index (χ1) is 30.4. The second-order valence-corrected chi connectivity index (χ2v) is 26.5. The zero-order chi connectivity index (χ0) is 49.6. The minimum atomic E-state index is -0.537. The number of rotatable bonds is 25. The van der Waals surface area contributed by atoms with Gasteiger partial charge in [-0.15, -0.1) is 0 Å².